The average molecular weight is 423 g/mol. The standard InChI is InChI=1S/C24H30N4O3/c1-16(29)28-15-24(2,3)20-7-6-18(13-21(20)28)27(14-17-8-11-31-12-9-17)23-19(22(25)30)5-4-10-26-23/h4-7,10,13,17H,8-9,11-12,14-15H2,1-3H3,(H2,25,30). The van der Waals surface area contributed by atoms with Crippen LogP contribution in [0.5, 0.6) is 0 Å². The van der Waals surface area contributed by atoms with Crippen molar-refractivity contribution in [2.45, 2.75) is 39.0 Å². The zero-order valence-corrected chi connectivity index (χ0v) is 18.4. The monoisotopic (exact) mass is 422 g/mol. The van der Waals surface area contributed by atoms with E-state index in [2.05, 4.69) is 35.9 Å². The van der Waals surface area contributed by atoms with E-state index in [1.54, 1.807) is 25.3 Å². The normalized spacial score (nSPS) is 18.0. The van der Waals surface area contributed by atoms with E-state index in [1.165, 1.54) is 0 Å². The Balaban J connectivity index is 1.80. The molecule has 1 aromatic heterocycles. The quantitative estimate of drug-likeness (QED) is 0.798. The molecule has 2 aliphatic rings. The van der Waals surface area contributed by atoms with Gasteiger partial charge >= 0.3 is 0 Å². The highest BCUT2D eigenvalue weighted by molar-refractivity contribution is 5.99. The molecule has 1 saturated heterocycles. The van der Waals surface area contributed by atoms with Crippen molar-refractivity contribution in [2.75, 3.05) is 36.1 Å². The summed E-state index contributed by atoms with van der Waals surface area (Å²) in [6.07, 6.45) is 3.58. The molecule has 3 heterocycles. The summed E-state index contributed by atoms with van der Waals surface area (Å²) < 4.78 is 5.53. The summed E-state index contributed by atoms with van der Waals surface area (Å²) in [6.45, 7) is 8.72. The van der Waals surface area contributed by atoms with Gasteiger partial charge in [-0.3, -0.25) is 9.59 Å². The third-order valence-electron chi connectivity index (χ3n) is 6.34. The lowest BCUT2D eigenvalue weighted by molar-refractivity contribution is -0.116. The van der Waals surface area contributed by atoms with Crippen molar-refractivity contribution in [3.8, 4) is 0 Å². The van der Waals surface area contributed by atoms with Crippen LogP contribution in [0.25, 0.3) is 0 Å². The Labute approximate surface area is 183 Å². The number of hydrogen-bond acceptors (Lipinski definition) is 5. The Morgan fingerprint density at radius 2 is 2.00 bits per heavy atom. The Morgan fingerprint density at radius 3 is 2.68 bits per heavy atom. The number of hydrogen-bond donors (Lipinski definition) is 1. The van der Waals surface area contributed by atoms with Gasteiger partial charge in [-0.05, 0) is 48.6 Å². The number of nitrogens with zero attached hydrogens (tertiary/aromatic N) is 3. The fraction of sp³-hybridized carbons (Fsp3) is 0.458. The molecule has 2 aromatic rings. The van der Waals surface area contributed by atoms with Crippen LogP contribution < -0.4 is 15.5 Å². The van der Waals surface area contributed by atoms with Gasteiger partial charge in [-0.1, -0.05) is 19.9 Å². The van der Waals surface area contributed by atoms with Gasteiger partial charge in [0.15, 0.2) is 0 Å². The van der Waals surface area contributed by atoms with E-state index in [1.807, 2.05) is 11.0 Å². The van der Waals surface area contributed by atoms with Crippen molar-refractivity contribution in [2.24, 2.45) is 11.7 Å². The van der Waals surface area contributed by atoms with Crippen molar-refractivity contribution in [3.05, 3.63) is 47.7 Å². The number of fused-ring (bicyclic) bond motifs is 1. The molecule has 7 heteroatoms. The number of pyridine rings is 1. The maximum absolute atomic E-state index is 12.3. The molecule has 2 aliphatic heterocycles. The Bertz CT molecular complexity index is 998. The van der Waals surface area contributed by atoms with Crippen molar-refractivity contribution >= 4 is 29.0 Å². The number of nitrogens with two attached hydrogens (primary N) is 1. The van der Waals surface area contributed by atoms with Gasteiger partial charge in [-0.2, -0.15) is 0 Å². The summed E-state index contributed by atoms with van der Waals surface area (Å²) >= 11 is 0. The lowest BCUT2D eigenvalue weighted by Crippen LogP contribution is -2.32. The number of ether oxygens (including phenoxy) is 1. The van der Waals surface area contributed by atoms with Crippen LogP contribution in [-0.4, -0.2) is 43.1 Å². The molecule has 1 aromatic carbocycles. The number of carbonyl (C=O) groups is 2. The second-order valence-electron chi connectivity index (χ2n) is 9.10. The molecule has 0 aliphatic carbocycles. The van der Waals surface area contributed by atoms with Gasteiger partial charge in [0.1, 0.15) is 5.82 Å². The van der Waals surface area contributed by atoms with Crippen molar-refractivity contribution in [1.29, 1.82) is 0 Å². The summed E-state index contributed by atoms with van der Waals surface area (Å²) in [7, 11) is 0. The summed E-state index contributed by atoms with van der Waals surface area (Å²) in [4.78, 5) is 32.9. The van der Waals surface area contributed by atoms with Crippen LogP contribution in [0.3, 0.4) is 0 Å². The first-order chi connectivity index (χ1) is 14.8. The van der Waals surface area contributed by atoms with Crippen LogP contribution >= 0.6 is 0 Å². The number of anilines is 3. The number of rotatable bonds is 5. The minimum Gasteiger partial charge on any atom is -0.381 e. The fourth-order valence-corrected chi connectivity index (χ4v) is 4.64. The topological polar surface area (TPSA) is 88.8 Å². The minimum absolute atomic E-state index is 0.0237. The third-order valence-corrected chi connectivity index (χ3v) is 6.34. The largest absolute Gasteiger partial charge is 0.381 e. The highest BCUT2D eigenvalue weighted by Crippen LogP contribution is 2.43. The molecule has 4 rings (SSSR count). The lowest BCUT2D eigenvalue weighted by Gasteiger charge is -2.32. The molecular formula is C24H30N4O3. The van der Waals surface area contributed by atoms with Gasteiger partial charge in [-0.15, -0.1) is 0 Å². The summed E-state index contributed by atoms with van der Waals surface area (Å²) in [5.74, 6) is 0.474. The summed E-state index contributed by atoms with van der Waals surface area (Å²) in [5.41, 5.74) is 8.91. The average Bonchev–Trinajstić information content (AvgIpc) is 3.03. The number of primary amides is 1. The van der Waals surface area contributed by atoms with Gasteiger partial charge in [0.25, 0.3) is 5.91 Å². The first-order valence-corrected chi connectivity index (χ1v) is 10.8. The van der Waals surface area contributed by atoms with E-state index in [9.17, 15) is 9.59 Å². The highest BCUT2D eigenvalue weighted by Gasteiger charge is 2.37. The van der Waals surface area contributed by atoms with Crippen LogP contribution in [0.4, 0.5) is 17.2 Å². The van der Waals surface area contributed by atoms with Gasteiger partial charge in [0, 0.05) is 56.2 Å². The summed E-state index contributed by atoms with van der Waals surface area (Å²) in [5, 5.41) is 0. The molecule has 0 atom stereocenters. The Hall–Kier alpha value is -2.93. The molecule has 7 nitrogen and oxygen atoms in total. The maximum atomic E-state index is 12.3. The van der Waals surface area contributed by atoms with Gasteiger partial charge in [0.05, 0.1) is 5.56 Å². The van der Waals surface area contributed by atoms with E-state index < -0.39 is 5.91 Å². The molecule has 0 spiro atoms. The number of amides is 2. The number of carbonyl (C=O) groups excluding carboxylic acids is 2. The SMILES string of the molecule is CC(=O)N1CC(C)(C)c2ccc(N(CC3CCOCC3)c3ncccc3C(N)=O)cc21. The smallest absolute Gasteiger partial charge is 0.252 e. The molecule has 164 valence electrons. The molecule has 0 saturated carbocycles. The van der Waals surface area contributed by atoms with Crippen LogP contribution in [0.15, 0.2) is 36.5 Å². The predicted molar refractivity (Wildman–Crippen MR) is 121 cm³/mol. The molecule has 2 amide bonds. The third kappa shape index (κ3) is 4.14. The van der Waals surface area contributed by atoms with E-state index in [0.717, 1.165) is 43.0 Å². The molecule has 2 N–H and O–H groups in total. The van der Waals surface area contributed by atoms with E-state index in [0.29, 0.717) is 30.4 Å². The predicted octanol–water partition coefficient (Wildman–Crippen LogP) is 3.39. The van der Waals surface area contributed by atoms with Crippen LogP contribution in [0.2, 0.25) is 0 Å². The van der Waals surface area contributed by atoms with Gasteiger partial charge < -0.3 is 20.3 Å². The highest BCUT2D eigenvalue weighted by atomic mass is 16.5. The van der Waals surface area contributed by atoms with E-state index in [-0.39, 0.29) is 11.3 Å². The van der Waals surface area contributed by atoms with Crippen LogP contribution in [0.1, 0.15) is 49.5 Å². The first-order valence-electron chi connectivity index (χ1n) is 10.8. The number of aromatic nitrogens is 1. The van der Waals surface area contributed by atoms with Crippen LogP contribution in [-0.2, 0) is 14.9 Å². The molecule has 1 fully saturated rings. The second-order valence-corrected chi connectivity index (χ2v) is 9.10. The number of benzene rings is 1. The first kappa shape index (κ1) is 21.3. The molecule has 31 heavy (non-hydrogen) atoms. The summed E-state index contributed by atoms with van der Waals surface area (Å²) in [6, 6.07) is 9.63. The van der Waals surface area contributed by atoms with Crippen molar-refractivity contribution in [1.82, 2.24) is 4.98 Å². The van der Waals surface area contributed by atoms with E-state index >= 15 is 0 Å². The zero-order valence-electron chi connectivity index (χ0n) is 18.4. The Morgan fingerprint density at radius 1 is 1.26 bits per heavy atom. The van der Waals surface area contributed by atoms with Crippen molar-refractivity contribution in [3.63, 3.8) is 0 Å². The molecule has 0 radical (unpaired) electrons. The molecule has 0 unspecified atom stereocenters. The van der Waals surface area contributed by atoms with Crippen LogP contribution in [0, 0.1) is 5.92 Å². The van der Waals surface area contributed by atoms with Crippen molar-refractivity contribution < 1.29 is 14.3 Å². The molecular weight excluding hydrogens is 392 g/mol. The van der Waals surface area contributed by atoms with Gasteiger partial charge in [-0.25, -0.2) is 4.98 Å². The zero-order chi connectivity index (χ0) is 22.2. The van der Waals surface area contributed by atoms with Gasteiger partial charge in [0.2, 0.25) is 5.91 Å². The maximum Gasteiger partial charge on any atom is 0.252 e. The second kappa shape index (κ2) is 8.30. The fourth-order valence-electron chi connectivity index (χ4n) is 4.64. The lowest BCUT2D eigenvalue weighted by atomic mass is 9.87. The van der Waals surface area contributed by atoms with E-state index in [4.69, 9.17) is 10.5 Å². The molecule has 0 bridgehead atoms. The Kier molecular flexibility index (Phi) is 5.71. The minimum atomic E-state index is -0.507.